The van der Waals surface area contributed by atoms with Crippen molar-refractivity contribution in [2.24, 2.45) is 7.05 Å². The Morgan fingerprint density at radius 2 is 1.58 bits per heavy atom. The summed E-state index contributed by atoms with van der Waals surface area (Å²) in [6, 6.07) is 23.6. The van der Waals surface area contributed by atoms with E-state index in [0.717, 1.165) is 16.8 Å². The van der Waals surface area contributed by atoms with E-state index < -0.39 is 0 Å². The fourth-order valence-corrected chi connectivity index (χ4v) is 3.57. The minimum atomic E-state index is 0.979. The number of hydrogen-bond donors (Lipinski definition) is 0. The fraction of sp³-hybridized carbons (Fsp3) is 0.0952. The van der Waals surface area contributed by atoms with Gasteiger partial charge in [0.25, 0.3) is 0 Å². The fourth-order valence-electron chi connectivity index (χ4n) is 3.57. The van der Waals surface area contributed by atoms with Crippen LogP contribution in [0.1, 0.15) is 5.56 Å². The zero-order valence-corrected chi connectivity index (χ0v) is 13.7. The van der Waals surface area contributed by atoms with Crippen LogP contribution < -0.4 is 0 Å². The Balaban J connectivity index is 1.85. The molecule has 0 saturated heterocycles. The number of benzene rings is 3. The molecule has 3 nitrogen and oxygen atoms in total. The van der Waals surface area contributed by atoms with E-state index in [1.54, 1.807) is 0 Å². The Kier molecular flexibility index (Phi) is 2.63. The lowest BCUT2D eigenvalue weighted by Crippen LogP contribution is -1.88. The predicted molar refractivity (Wildman–Crippen MR) is 99.3 cm³/mol. The third kappa shape index (κ3) is 1.75. The molecule has 3 aromatic carbocycles. The standard InChI is InChI=1S/C21H17N3/c1-14-6-5-7-15(12-14)16-10-11-19-20(13-16)23(2)21-22-17-8-3-4-9-18(17)24(19)21/h3-13H,1-2H3. The first-order valence-corrected chi connectivity index (χ1v) is 8.15. The van der Waals surface area contributed by atoms with Gasteiger partial charge in [-0.25, -0.2) is 4.98 Å². The largest absolute Gasteiger partial charge is 0.313 e. The quantitative estimate of drug-likeness (QED) is 0.429. The molecule has 0 radical (unpaired) electrons. The first-order valence-electron chi connectivity index (χ1n) is 8.15. The molecule has 0 N–H and O–H groups in total. The summed E-state index contributed by atoms with van der Waals surface area (Å²) >= 11 is 0. The van der Waals surface area contributed by atoms with Crippen molar-refractivity contribution in [3.8, 4) is 11.1 Å². The van der Waals surface area contributed by atoms with Gasteiger partial charge in [-0.05, 0) is 42.3 Å². The van der Waals surface area contributed by atoms with Gasteiger partial charge in [0.15, 0.2) is 0 Å². The highest BCUT2D eigenvalue weighted by molar-refractivity contribution is 5.92. The Morgan fingerprint density at radius 3 is 2.46 bits per heavy atom. The maximum atomic E-state index is 4.79. The highest BCUT2D eigenvalue weighted by Gasteiger charge is 2.14. The van der Waals surface area contributed by atoms with Crippen molar-refractivity contribution in [2.75, 3.05) is 0 Å². The van der Waals surface area contributed by atoms with Gasteiger partial charge in [0.05, 0.1) is 22.1 Å². The van der Waals surface area contributed by atoms with Gasteiger partial charge in [-0.3, -0.25) is 4.40 Å². The van der Waals surface area contributed by atoms with E-state index in [0.29, 0.717) is 0 Å². The van der Waals surface area contributed by atoms with Crippen LogP contribution in [0.25, 0.3) is 39.0 Å². The molecule has 0 aliphatic heterocycles. The van der Waals surface area contributed by atoms with Crippen molar-refractivity contribution in [3.05, 3.63) is 72.3 Å². The summed E-state index contributed by atoms with van der Waals surface area (Å²) in [5.41, 5.74) is 8.34. The van der Waals surface area contributed by atoms with E-state index in [1.807, 2.05) is 6.07 Å². The SMILES string of the molecule is Cc1cccc(-c2ccc3c(c2)n(C)c2nc4ccccc4n32)c1. The predicted octanol–water partition coefficient (Wildman–Crippen LogP) is 4.95. The molecule has 24 heavy (non-hydrogen) atoms. The summed E-state index contributed by atoms with van der Waals surface area (Å²) in [4.78, 5) is 4.79. The number of imidazole rings is 2. The second kappa shape index (κ2) is 4.71. The highest BCUT2D eigenvalue weighted by atomic mass is 15.2. The van der Waals surface area contributed by atoms with Gasteiger partial charge in [0, 0.05) is 7.05 Å². The first kappa shape index (κ1) is 13.4. The van der Waals surface area contributed by atoms with Crippen LogP contribution in [-0.2, 0) is 7.05 Å². The minimum absolute atomic E-state index is 0.979. The van der Waals surface area contributed by atoms with Crippen molar-refractivity contribution in [1.82, 2.24) is 14.0 Å². The number of aryl methyl sites for hydroxylation is 2. The summed E-state index contributed by atoms with van der Waals surface area (Å²) in [6.45, 7) is 2.13. The summed E-state index contributed by atoms with van der Waals surface area (Å²) in [5, 5.41) is 0. The molecular weight excluding hydrogens is 294 g/mol. The Bertz CT molecular complexity index is 1220. The molecule has 116 valence electrons. The van der Waals surface area contributed by atoms with Crippen LogP contribution in [0.5, 0.6) is 0 Å². The van der Waals surface area contributed by atoms with E-state index in [2.05, 4.69) is 83.6 Å². The molecule has 0 aliphatic carbocycles. The monoisotopic (exact) mass is 311 g/mol. The van der Waals surface area contributed by atoms with E-state index >= 15 is 0 Å². The molecule has 2 heterocycles. The zero-order chi connectivity index (χ0) is 16.3. The van der Waals surface area contributed by atoms with E-state index in [9.17, 15) is 0 Å². The van der Waals surface area contributed by atoms with Gasteiger partial charge in [-0.15, -0.1) is 0 Å². The van der Waals surface area contributed by atoms with Crippen LogP contribution in [0.3, 0.4) is 0 Å². The summed E-state index contributed by atoms with van der Waals surface area (Å²) < 4.78 is 4.42. The van der Waals surface area contributed by atoms with Crippen LogP contribution in [-0.4, -0.2) is 14.0 Å². The lowest BCUT2D eigenvalue weighted by atomic mass is 10.0. The number of rotatable bonds is 1. The zero-order valence-electron chi connectivity index (χ0n) is 13.7. The van der Waals surface area contributed by atoms with Crippen LogP contribution in [0.2, 0.25) is 0 Å². The second-order valence-corrected chi connectivity index (χ2v) is 6.37. The lowest BCUT2D eigenvalue weighted by Gasteiger charge is -2.04. The molecule has 0 amide bonds. The number of nitrogens with zero attached hydrogens (tertiary/aromatic N) is 3. The Hall–Kier alpha value is -3.07. The number of para-hydroxylation sites is 2. The van der Waals surface area contributed by atoms with Crippen LogP contribution in [0.4, 0.5) is 0 Å². The Labute approximate surface area is 139 Å². The summed E-state index contributed by atoms with van der Waals surface area (Å²) in [7, 11) is 2.09. The smallest absolute Gasteiger partial charge is 0.215 e. The van der Waals surface area contributed by atoms with Crippen molar-refractivity contribution in [3.63, 3.8) is 0 Å². The third-order valence-corrected chi connectivity index (χ3v) is 4.77. The van der Waals surface area contributed by atoms with Gasteiger partial charge in [-0.2, -0.15) is 0 Å². The molecule has 0 aliphatic rings. The number of aromatic nitrogens is 3. The lowest BCUT2D eigenvalue weighted by molar-refractivity contribution is 0.974. The molecule has 0 fully saturated rings. The molecule has 0 spiro atoms. The third-order valence-electron chi connectivity index (χ3n) is 4.77. The number of hydrogen-bond acceptors (Lipinski definition) is 1. The molecule has 0 unspecified atom stereocenters. The van der Waals surface area contributed by atoms with E-state index in [-0.39, 0.29) is 0 Å². The average Bonchev–Trinajstić information content (AvgIpc) is 3.11. The van der Waals surface area contributed by atoms with Gasteiger partial charge in [0.2, 0.25) is 5.78 Å². The van der Waals surface area contributed by atoms with Crippen molar-refractivity contribution >= 4 is 27.8 Å². The topological polar surface area (TPSA) is 22.2 Å². The van der Waals surface area contributed by atoms with Crippen LogP contribution >= 0.6 is 0 Å². The molecule has 0 atom stereocenters. The Morgan fingerprint density at radius 1 is 0.750 bits per heavy atom. The molecule has 3 heteroatoms. The normalized spacial score (nSPS) is 11.8. The average molecular weight is 311 g/mol. The number of fused-ring (bicyclic) bond motifs is 5. The molecule has 0 saturated carbocycles. The minimum Gasteiger partial charge on any atom is -0.313 e. The molecule has 0 bridgehead atoms. The maximum Gasteiger partial charge on any atom is 0.215 e. The van der Waals surface area contributed by atoms with Gasteiger partial charge in [0.1, 0.15) is 0 Å². The second-order valence-electron chi connectivity index (χ2n) is 6.37. The summed E-state index contributed by atoms with van der Waals surface area (Å²) in [5.74, 6) is 0.979. The highest BCUT2D eigenvalue weighted by Crippen LogP contribution is 2.29. The van der Waals surface area contributed by atoms with Crippen molar-refractivity contribution in [2.45, 2.75) is 6.92 Å². The maximum absolute atomic E-state index is 4.79. The first-order chi connectivity index (χ1) is 11.7. The van der Waals surface area contributed by atoms with Gasteiger partial charge < -0.3 is 4.57 Å². The van der Waals surface area contributed by atoms with Crippen LogP contribution in [0.15, 0.2) is 66.7 Å². The molecule has 5 rings (SSSR count). The van der Waals surface area contributed by atoms with E-state index in [1.165, 1.54) is 27.7 Å². The van der Waals surface area contributed by atoms with Crippen molar-refractivity contribution < 1.29 is 0 Å². The summed E-state index contributed by atoms with van der Waals surface area (Å²) in [6.07, 6.45) is 0. The molecule has 2 aromatic heterocycles. The molecule has 5 aromatic rings. The van der Waals surface area contributed by atoms with Crippen molar-refractivity contribution in [1.29, 1.82) is 0 Å². The van der Waals surface area contributed by atoms with Crippen LogP contribution in [0, 0.1) is 6.92 Å². The van der Waals surface area contributed by atoms with Gasteiger partial charge >= 0.3 is 0 Å². The van der Waals surface area contributed by atoms with Gasteiger partial charge in [-0.1, -0.05) is 48.0 Å². The molecular formula is C21H17N3. The van der Waals surface area contributed by atoms with E-state index in [4.69, 9.17) is 4.98 Å².